The maximum absolute atomic E-state index is 12.6. The molecular weight excluding hydrogens is 338 g/mol. The van der Waals surface area contributed by atoms with Crippen LogP contribution < -0.4 is 5.56 Å². The molecule has 1 aliphatic rings. The van der Waals surface area contributed by atoms with Crippen LogP contribution in [0.15, 0.2) is 41.3 Å². The highest BCUT2D eigenvalue weighted by Gasteiger charge is 2.34. The van der Waals surface area contributed by atoms with E-state index in [9.17, 15) is 4.79 Å². The molecule has 1 aliphatic heterocycles. The van der Waals surface area contributed by atoms with E-state index in [1.165, 1.54) is 5.56 Å². The molecule has 0 unspecified atom stereocenters. The van der Waals surface area contributed by atoms with Crippen LogP contribution in [0.4, 0.5) is 0 Å². The number of nitrogens with one attached hydrogen (secondary N) is 1. The summed E-state index contributed by atoms with van der Waals surface area (Å²) >= 11 is 0. The molecule has 6 nitrogen and oxygen atoms in total. The molecule has 0 amide bonds. The average Bonchev–Trinajstić information content (AvgIpc) is 3.26. The zero-order chi connectivity index (χ0) is 19.0. The van der Waals surface area contributed by atoms with Crippen LogP contribution in [-0.2, 0) is 6.54 Å². The first-order chi connectivity index (χ1) is 13.1. The predicted octanol–water partition coefficient (Wildman–Crippen LogP) is 3.33. The van der Waals surface area contributed by atoms with Crippen molar-refractivity contribution in [3.63, 3.8) is 0 Å². The molecule has 2 aromatic heterocycles. The molecule has 6 heteroatoms. The van der Waals surface area contributed by atoms with Gasteiger partial charge in [-0.15, -0.1) is 0 Å². The zero-order valence-corrected chi connectivity index (χ0v) is 16.2. The van der Waals surface area contributed by atoms with E-state index >= 15 is 0 Å². The molecule has 1 fully saturated rings. The van der Waals surface area contributed by atoms with Crippen molar-refractivity contribution < 1.29 is 0 Å². The molecular formula is C21H27N5O. The minimum absolute atomic E-state index is 0.0849. The Morgan fingerprint density at radius 2 is 2.00 bits per heavy atom. The number of likely N-dealkylation sites (tertiary alicyclic amines) is 1. The van der Waals surface area contributed by atoms with Gasteiger partial charge in [0.1, 0.15) is 11.2 Å². The Balaban J connectivity index is 1.65. The molecule has 0 bridgehead atoms. The van der Waals surface area contributed by atoms with Gasteiger partial charge < -0.3 is 4.98 Å². The van der Waals surface area contributed by atoms with E-state index in [4.69, 9.17) is 4.98 Å². The average molecular weight is 365 g/mol. The molecule has 27 heavy (non-hydrogen) atoms. The third-order valence-corrected chi connectivity index (χ3v) is 5.61. The number of fused-ring (bicyclic) bond motifs is 1. The van der Waals surface area contributed by atoms with Crippen LogP contribution in [0.1, 0.15) is 50.5 Å². The van der Waals surface area contributed by atoms with Crippen molar-refractivity contribution in [2.75, 3.05) is 13.1 Å². The summed E-state index contributed by atoms with van der Waals surface area (Å²) in [6.07, 6.45) is 2.69. The van der Waals surface area contributed by atoms with Crippen LogP contribution in [-0.4, -0.2) is 37.7 Å². The van der Waals surface area contributed by atoms with Crippen molar-refractivity contribution in [3.8, 4) is 0 Å². The highest BCUT2D eigenvalue weighted by atomic mass is 16.1. The molecule has 2 atom stereocenters. The Morgan fingerprint density at radius 3 is 2.70 bits per heavy atom. The SMILES string of the molecule is CC[C@@H]1CN(Cc2ccccc2)C[C@H]1c1nc2c(cnn2C(C)C)c(=O)[nH]1. The number of aromatic nitrogens is 4. The number of hydrogen-bond donors (Lipinski definition) is 1. The standard InChI is InChI=1S/C21H27N5O/c1-4-16-12-25(11-15-8-6-5-7-9-15)13-18(16)19-23-20-17(21(27)24-19)10-22-26(20)14(2)3/h5-10,14,16,18H,4,11-13H2,1-3H3,(H,23,24,27)/t16-,18-/m1/s1. The number of aromatic amines is 1. The van der Waals surface area contributed by atoms with Gasteiger partial charge in [0.15, 0.2) is 5.65 Å². The van der Waals surface area contributed by atoms with Gasteiger partial charge in [-0.05, 0) is 25.3 Å². The summed E-state index contributed by atoms with van der Waals surface area (Å²) in [4.78, 5) is 23.0. The Hall–Kier alpha value is -2.47. The Labute approximate surface area is 159 Å². The number of rotatable bonds is 5. The summed E-state index contributed by atoms with van der Waals surface area (Å²) in [6, 6.07) is 10.7. The lowest BCUT2D eigenvalue weighted by molar-refractivity contribution is 0.314. The van der Waals surface area contributed by atoms with Crippen molar-refractivity contribution in [1.82, 2.24) is 24.6 Å². The van der Waals surface area contributed by atoms with Crippen LogP contribution in [0, 0.1) is 5.92 Å². The maximum Gasteiger partial charge on any atom is 0.262 e. The van der Waals surface area contributed by atoms with Crippen LogP contribution >= 0.6 is 0 Å². The van der Waals surface area contributed by atoms with Crippen LogP contribution in [0.3, 0.4) is 0 Å². The lowest BCUT2D eigenvalue weighted by Crippen LogP contribution is -2.21. The normalized spacial score (nSPS) is 20.7. The third kappa shape index (κ3) is 3.41. The van der Waals surface area contributed by atoms with Crippen molar-refractivity contribution in [1.29, 1.82) is 0 Å². The monoisotopic (exact) mass is 365 g/mol. The number of nitrogens with zero attached hydrogens (tertiary/aromatic N) is 4. The second kappa shape index (κ2) is 7.27. The molecule has 0 aliphatic carbocycles. The molecule has 0 spiro atoms. The van der Waals surface area contributed by atoms with E-state index in [0.29, 0.717) is 17.0 Å². The van der Waals surface area contributed by atoms with Crippen molar-refractivity contribution in [2.45, 2.75) is 45.7 Å². The van der Waals surface area contributed by atoms with Crippen LogP contribution in [0.2, 0.25) is 0 Å². The minimum atomic E-state index is -0.0849. The Morgan fingerprint density at radius 1 is 1.22 bits per heavy atom. The molecule has 4 rings (SSSR count). The summed E-state index contributed by atoms with van der Waals surface area (Å²) in [5, 5.41) is 4.93. The van der Waals surface area contributed by atoms with E-state index in [-0.39, 0.29) is 17.5 Å². The highest BCUT2D eigenvalue weighted by molar-refractivity contribution is 5.73. The number of benzene rings is 1. The van der Waals surface area contributed by atoms with E-state index in [0.717, 1.165) is 31.9 Å². The lowest BCUT2D eigenvalue weighted by atomic mass is 9.93. The topological polar surface area (TPSA) is 66.8 Å². The number of H-pyrrole nitrogens is 1. The van der Waals surface area contributed by atoms with Gasteiger partial charge >= 0.3 is 0 Å². The molecule has 1 saturated heterocycles. The predicted molar refractivity (Wildman–Crippen MR) is 107 cm³/mol. The highest BCUT2D eigenvalue weighted by Crippen LogP contribution is 2.33. The van der Waals surface area contributed by atoms with Gasteiger partial charge in [-0.25, -0.2) is 9.67 Å². The van der Waals surface area contributed by atoms with Gasteiger partial charge in [-0.2, -0.15) is 5.10 Å². The first kappa shape index (κ1) is 17.9. The summed E-state index contributed by atoms with van der Waals surface area (Å²) in [5.41, 5.74) is 1.93. The van der Waals surface area contributed by atoms with E-state index in [2.05, 4.69) is 60.0 Å². The third-order valence-electron chi connectivity index (χ3n) is 5.61. The van der Waals surface area contributed by atoms with Crippen molar-refractivity contribution in [2.24, 2.45) is 5.92 Å². The molecule has 0 radical (unpaired) electrons. The van der Waals surface area contributed by atoms with Crippen LogP contribution in [0.25, 0.3) is 11.0 Å². The summed E-state index contributed by atoms with van der Waals surface area (Å²) < 4.78 is 1.84. The Kier molecular flexibility index (Phi) is 4.83. The first-order valence-electron chi connectivity index (χ1n) is 9.80. The fourth-order valence-electron chi connectivity index (χ4n) is 4.16. The molecule has 1 aromatic carbocycles. The molecule has 3 heterocycles. The maximum atomic E-state index is 12.6. The fourth-order valence-corrected chi connectivity index (χ4v) is 4.16. The minimum Gasteiger partial charge on any atom is -0.310 e. The van der Waals surface area contributed by atoms with Crippen LogP contribution in [0.5, 0.6) is 0 Å². The summed E-state index contributed by atoms with van der Waals surface area (Å²) in [7, 11) is 0. The second-order valence-corrected chi connectivity index (χ2v) is 7.83. The van der Waals surface area contributed by atoms with E-state index in [1.54, 1.807) is 6.20 Å². The second-order valence-electron chi connectivity index (χ2n) is 7.83. The van der Waals surface area contributed by atoms with Gasteiger partial charge in [-0.1, -0.05) is 43.7 Å². The molecule has 3 aromatic rings. The summed E-state index contributed by atoms with van der Waals surface area (Å²) in [6.45, 7) is 9.21. The largest absolute Gasteiger partial charge is 0.310 e. The Bertz CT molecular complexity index is 975. The molecule has 1 N–H and O–H groups in total. The summed E-state index contributed by atoms with van der Waals surface area (Å²) in [5.74, 6) is 1.54. The van der Waals surface area contributed by atoms with Gasteiger partial charge in [0, 0.05) is 31.6 Å². The van der Waals surface area contributed by atoms with Gasteiger partial charge in [0.05, 0.1) is 6.20 Å². The first-order valence-corrected chi connectivity index (χ1v) is 9.80. The lowest BCUT2D eigenvalue weighted by Gasteiger charge is -2.16. The van der Waals surface area contributed by atoms with Crippen molar-refractivity contribution >= 4 is 11.0 Å². The van der Waals surface area contributed by atoms with E-state index < -0.39 is 0 Å². The number of hydrogen-bond acceptors (Lipinski definition) is 4. The molecule has 0 saturated carbocycles. The smallest absolute Gasteiger partial charge is 0.262 e. The van der Waals surface area contributed by atoms with Crippen molar-refractivity contribution in [3.05, 3.63) is 58.3 Å². The van der Waals surface area contributed by atoms with E-state index in [1.807, 2.05) is 10.7 Å². The zero-order valence-electron chi connectivity index (χ0n) is 16.2. The van der Waals surface area contributed by atoms with Gasteiger partial charge in [-0.3, -0.25) is 9.69 Å². The molecule has 142 valence electrons. The fraction of sp³-hybridized carbons (Fsp3) is 0.476. The quantitative estimate of drug-likeness (QED) is 0.753. The van der Waals surface area contributed by atoms with Gasteiger partial charge in [0.2, 0.25) is 0 Å². The van der Waals surface area contributed by atoms with Gasteiger partial charge in [0.25, 0.3) is 5.56 Å².